The Bertz CT molecular complexity index is 879. The maximum Gasteiger partial charge on any atom is 0.266 e. The summed E-state index contributed by atoms with van der Waals surface area (Å²) in [5.41, 5.74) is 7.58. The SMILES string of the molecule is Nc1ccccc1-n1c(=S)[nH]c2ccccc2c1=O. The quantitative estimate of drug-likeness (QED) is 0.527. The number of hydrogen-bond acceptors (Lipinski definition) is 3. The van der Waals surface area contributed by atoms with Crippen LogP contribution in [-0.2, 0) is 0 Å². The van der Waals surface area contributed by atoms with Crippen LogP contribution in [-0.4, -0.2) is 9.55 Å². The molecular formula is C14H11N3OS. The van der Waals surface area contributed by atoms with Gasteiger partial charge in [0.1, 0.15) is 0 Å². The van der Waals surface area contributed by atoms with Gasteiger partial charge in [0.2, 0.25) is 0 Å². The highest BCUT2D eigenvalue weighted by atomic mass is 32.1. The Labute approximate surface area is 114 Å². The second-order valence-electron chi connectivity index (χ2n) is 4.18. The zero-order chi connectivity index (χ0) is 13.4. The predicted octanol–water partition coefficient (Wildman–Crippen LogP) is 2.63. The Balaban J connectivity index is 2.47. The Kier molecular flexibility index (Phi) is 2.68. The van der Waals surface area contributed by atoms with Crippen LogP contribution in [0.15, 0.2) is 53.3 Å². The van der Waals surface area contributed by atoms with E-state index in [1.165, 1.54) is 4.57 Å². The molecular weight excluding hydrogens is 258 g/mol. The summed E-state index contributed by atoms with van der Waals surface area (Å²) in [5.74, 6) is 0. The van der Waals surface area contributed by atoms with Crippen molar-refractivity contribution in [2.45, 2.75) is 0 Å². The summed E-state index contributed by atoms with van der Waals surface area (Å²) in [5, 5.41) is 0.583. The Morgan fingerprint density at radius 3 is 2.53 bits per heavy atom. The molecule has 0 aliphatic heterocycles. The second kappa shape index (κ2) is 4.37. The maximum absolute atomic E-state index is 12.5. The maximum atomic E-state index is 12.5. The molecule has 5 heteroatoms. The number of hydrogen-bond donors (Lipinski definition) is 2. The van der Waals surface area contributed by atoms with E-state index in [-0.39, 0.29) is 5.56 Å². The molecule has 2 aromatic carbocycles. The van der Waals surface area contributed by atoms with E-state index in [9.17, 15) is 4.79 Å². The molecule has 0 spiro atoms. The lowest BCUT2D eigenvalue weighted by atomic mass is 10.2. The summed E-state index contributed by atoms with van der Waals surface area (Å²) in [6.45, 7) is 0. The normalized spacial score (nSPS) is 10.7. The van der Waals surface area contributed by atoms with Gasteiger partial charge in [-0.1, -0.05) is 24.3 Å². The van der Waals surface area contributed by atoms with Crippen molar-refractivity contribution in [2.75, 3.05) is 5.73 Å². The molecule has 3 N–H and O–H groups in total. The van der Waals surface area contributed by atoms with Gasteiger partial charge in [0.25, 0.3) is 5.56 Å². The van der Waals surface area contributed by atoms with Crippen molar-refractivity contribution in [3.63, 3.8) is 0 Å². The first-order valence-corrected chi connectivity index (χ1v) is 6.18. The fourth-order valence-electron chi connectivity index (χ4n) is 2.07. The van der Waals surface area contributed by atoms with E-state index in [0.29, 0.717) is 21.5 Å². The number of rotatable bonds is 1. The number of anilines is 1. The van der Waals surface area contributed by atoms with E-state index in [2.05, 4.69) is 4.98 Å². The van der Waals surface area contributed by atoms with E-state index in [1.807, 2.05) is 30.3 Å². The molecule has 94 valence electrons. The molecule has 1 heterocycles. The lowest BCUT2D eigenvalue weighted by Crippen LogP contribution is -2.21. The topological polar surface area (TPSA) is 63.8 Å². The molecule has 0 bridgehead atoms. The van der Waals surface area contributed by atoms with Gasteiger partial charge < -0.3 is 10.7 Å². The van der Waals surface area contributed by atoms with Gasteiger partial charge in [-0.25, -0.2) is 0 Å². The van der Waals surface area contributed by atoms with Crippen LogP contribution in [0.4, 0.5) is 5.69 Å². The van der Waals surface area contributed by atoms with Gasteiger partial charge in [0, 0.05) is 0 Å². The first-order valence-electron chi connectivity index (χ1n) is 5.77. The molecule has 0 saturated carbocycles. The van der Waals surface area contributed by atoms with Gasteiger partial charge in [0.05, 0.1) is 22.3 Å². The monoisotopic (exact) mass is 269 g/mol. The number of nitrogen functional groups attached to an aromatic ring is 1. The number of para-hydroxylation sites is 3. The third-order valence-electron chi connectivity index (χ3n) is 2.98. The fraction of sp³-hybridized carbons (Fsp3) is 0. The molecule has 0 radical (unpaired) electrons. The second-order valence-corrected chi connectivity index (χ2v) is 4.56. The number of nitrogens with one attached hydrogen (secondary N) is 1. The number of nitrogens with zero attached hydrogens (tertiary/aromatic N) is 1. The molecule has 0 fully saturated rings. The molecule has 3 aromatic rings. The van der Waals surface area contributed by atoms with Crippen molar-refractivity contribution in [3.05, 3.63) is 63.7 Å². The van der Waals surface area contributed by atoms with Crippen LogP contribution in [0.1, 0.15) is 0 Å². The zero-order valence-corrected chi connectivity index (χ0v) is 10.8. The minimum absolute atomic E-state index is 0.169. The molecule has 19 heavy (non-hydrogen) atoms. The number of nitrogens with two attached hydrogens (primary N) is 1. The number of fused-ring (bicyclic) bond motifs is 1. The smallest absolute Gasteiger partial charge is 0.266 e. The van der Waals surface area contributed by atoms with Gasteiger partial charge in [0.15, 0.2) is 4.77 Å². The van der Waals surface area contributed by atoms with Crippen LogP contribution < -0.4 is 11.3 Å². The van der Waals surface area contributed by atoms with Gasteiger partial charge in [-0.15, -0.1) is 0 Å². The van der Waals surface area contributed by atoms with Crippen LogP contribution in [0, 0.1) is 4.77 Å². The average Bonchev–Trinajstić information content (AvgIpc) is 2.41. The van der Waals surface area contributed by atoms with E-state index >= 15 is 0 Å². The van der Waals surface area contributed by atoms with E-state index < -0.39 is 0 Å². The van der Waals surface area contributed by atoms with Gasteiger partial charge in [-0.05, 0) is 36.5 Å². The first kappa shape index (κ1) is 11.7. The molecule has 4 nitrogen and oxygen atoms in total. The number of aromatic amines is 1. The lowest BCUT2D eigenvalue weighted by molar-refractivity contribution is 0.942. The van der Waals surface area contributed by atoms with E-state index in [0.717, 1.165) is 5.52 Å². The Morgan fingerprint density at radius 1 is 1.05 bits per heavy atom. The summed E-state index contributed by atoms with van der Waals surface area (Å²) < 4.78 is 1.76. The predicted molar refractivity (Wildman–Crippen MR) is 79.1 cm³/mol. The molecule has 0 aliphatic carbocycles. The number of benzene rings is 2. The van der Waals surface area contributed by atoms with Crippen LogP contribution >= 0.6 is 12.2 Å². The summed E-state index contributed by atoms with van der Waals surface area (Å²) in [6.07, 6.45) is 0. The first-order chi connectivity index (χ1) is 9.18. The summed E-state index contributed by atoms with van der Waals surface area (Å²) in [7, 11) is 0. The van der Waals surface area contributed by atoms with E-state index in [4.69, 9.17) is 18.0 Å². The van der Waals surface area contributed by atoms with Crippen molar-refractivity contribution >= 4 is 28.8 Å². The van der Waals surface area contributed by atoms with Crippen LogP contribution in [0.2, 0.25) is 0 Å². The highest BCUT2D eigenvalue weighted by molar-refractivity contribution is 7.71. The Hall–Kier alpha value is -2.40. The van der Waals surface area contributed by atoms with Crippen molar-refractivity contribution in [1.82, 2.24) is 9.55 Å². The molecule has 0 saturated heterocycles. The number of H-pyrrole nitrogens is 1. The zero-order valence-electron chi connectivity index (χ0n) is 9.96. The average molecular weight is 269 g/mol. The summed E-state index contributed by atoms with van der Waals surface area (Å²) in [6, 6.07) is 14.4. The van der Waals surface area contributed by atoms with Crippen molar-refractivity contribution < 1.29 is 0 Å². The third kappa shape index (κ3) is 1.84. The summed E-state index contributed by atoms with van der Waals surface area (Å²) >= 11 is 5.26. The number of aromatic nitrogens is 2. The van der Waals surface area contributed by atoms with Crippen LogP contribution in [0.5, 0.6) is 0 Å². The molecule has 0 aliphatic rings. The fourth-order valence-corrected chi connectivity index (χ4v) is 2.36. The molecule has 0 atom stereocenters. The summed E-state index contributed by atoms with van der Waals surface area (Å²) in [4.78, 5) is 15.6. The minimum atomic E-state index is -0.169. The van der Waals surface area contributed by atoms with Crippen LogP contribution in [0.3, 0.4) is 0 Å². The third-order valence-corrected chi connectivity index (χ3v) is 3.27. The lowest BCUT2D eigenvalue weighted by Gasteiger charge is -2.10. The standard InChI is InChI=1S/C14H11N3OS/c15-10-6-2-4-8-12(10)17-13(18)9-5-1-3-7-11(9)16-14(17)19/h1-8H,15H2,(H,16,19). The van der Waals surface area contributed by atoms with Crippen LogP contribution in [0.25, 0.3) is 16.6 Å². The van der Waals surface area contributed by atoms with Crippen molar-refractivity contribution in [3.8, 4) is 5.69 Å². The van der Waals surface area contributed by atoms with Crippen molar-refractivity contribution in [2.24, 2.45) is 0 Å². The molecule has 0 amide bonds. The minimum Gasteiger partial charge on any atom is -0.397 e. The molecule has 1 aromatic heterocycles. The molecule has 0 unspecified atom stereocenters. The van der Waals surface area contributed by atoms with Gasteiger partial charge in [-0.3, -0.25) is 9.36 Å². The highest BCUT2D eigenvalue weighted by Gasteiger charge is 2.08. The van der Waals surface area contributed by atoms with Gasteiger partial charge in [-0.2, -0.15) is 0 Å². The Morgan fingerprint density at radius 2 is 1.74 bits per heavy atom. The van der Waals surface area contributed by atoms with Crippen molar-refractivity contribution in [1.29, 1.82) is 0 Å². The van der Waals surface area contributed by atoms with Gasteiger partial charge >= 0.3 is 0 Å². The molecule has 3 rings (SSSR count). The largest absolute Gasteiger partial charge is 0.397 e. The highest BCUT2D eigenvalue weighted by Crippen LogP contribution is 2.16. The van der Waals surface area contributed by atoms with E-state index in [1.54, 1.807) is 18.2 Å².